The Morgan fingerprint density at radius 1 is 1.24 bits per heavy atom. The molecular weight excluding hydrogens is 275 g/mol. The fraction of sp³-hybridized carbons (Fsp3) is 0.0833. The number of nitrogens with two attached hydrogens (primary N) is 1. The third kappa shape index (κ3) is 3.28. The minimum Gasteiger partial charge on any atom is -0.398 e. The van der Waals surface area contributed by atoms with Crippen molar-refractivity contribution in [3.8, 4) is 0 Å². The van der Waals surface area contributed by atoms with E-state index in [0.29, 0.717) is 15.7 Å². The number of thioether (sulfide) groups is 1. The maximum absolute atomic E-state index is 6.03. The molecule has 1 aromatic carbocycles. The van der Waals surface area contributed by atoms with Crippen molar-refractivity contribution in [1.29, 1.82) is 0 Å². The van der Waals surface area contributed by atoms with Gasteiger partial charge in [-0.25, -0.2) is 0 Å². The zero-order chi connectivity index (χ0) is 12.3. The zero-order valence-electron chi connectivity index (χ0n) is 8.86. The molecule has 0 bridgehead atoms. The van der Waals surface area contributed by atoms with E-state index in [1.807, 2.05) is 18.2 Å². The van der Waals surface area contributed by atoms with Gasteiger partial charge in [0.25, 0.3) is 0 Å². The second-order valence-corrected chi connectivity index (χ2v) is 5.30. The number of rotatable bonds is 3. The number of nitrogen functional groups attached to an aromatic ring is 1. The Labute approximate surface area is 114 Å². The van der Waals surface area contributed by atoms with Crippen LogP contribution in [0.25, 0.3) is 0 Å². The summed E-state index contributed by atoms with van der Waals surface area (Å²) < 4.78 is 0. The van der Waals surface area contributed by atoms with Gasteiger partial charge in [-0.2, -0.15) is 0 Å². The highest BCUT2D eigenvalue weighted by Crippen LogP contribution is 2.31. The van der Waals surface area contributed by atoms with Gasteiger partial charge in [0.15, 0.2) is 0 Å². The Morgan fingerprint density at radius 2 is 2.06 bits per heavy atom. The maximum atomic E-state index is 6.03. The highest BCUT2D eigenvalue weighted by Gasteiger charge is 2.04. The van der Waals surface area contributed by atoms with Crippen molar-refractivity contribution in [1.82, 2.24) is 4.98 Å². The molecule has 0 aliphatic rings. The van der Waals surface area contributed by atoms with Crippen LogP contribution in [0.2, 0.25) is 10.0 Å². The molecule has 0 saturated carbocycles. The molecule has 1 aromatic heterocycles. The number of benzene rings is 1. The van der Waals surface area contributed by atoms with Gasteiger partial charge in [-0.05, 0) is 29.8 Å². The average molecular weight is 285 g/mol. The summed E-state index contributed by atoms with van der Waals surface area (Å²) >= 11 is 13.5. The predicted molar refractivity (Wildman–Crippen MR) is 74.7 cm³/mol. The lowest BCUT2D eigenvalue weighted by Crippen LogP contribution is -1.89. The van der Waals surface area contributed by atoms with Crippen molar-refractivity contribution in [3.63, 3.8) is 0 Å². The molecule has 88 valence electrons. The van der Waals surface area contributed by atoms with Crippen LogP contribution >= 0.6 is 35.0 Å². The van der Waals surface area contributed by atoms with E-state index in [-0.39, 0.29) is 0 Å². The first kappa shape index (κ1) is 12.6. The van der Waals surface area contributed by atoms with E-state index < -0.39 is 0 Å². The van der Waals surface area contributed by atoms with Crippen LogP contribution in [0.3, 0.4) is 0 Å². The molecule has 0 saturated heterocycles. The van der Waals surface area contributed by atoms with Gasteiger partial charge in [-0.1, -0.05) is 23.2 Å². The normalized spacial score (nSPS) is 10.5. The van der Waals surface area contributed by atoms with Crippen LogP contribution in [0.4, 0.5) is 5.69 Å². The van der Waals surface area contributed by atoms with Gasteiger partial charge >= 0.3 is 0 Å². The van der Waals surface area contributed by atoms with E-state index in [1.165, 1.54) is 0 Å². The van der Waals surface area contributed by atoms with Gasteiger partial charge in [0.05, 0.1) is 5.02 Å². The van der Waals surface area contributed by atoms with Gasteiger partial charge < -0.3 is 5.73 Å². The molecule has 0 atom stereocenters. The highest BCUT2D eigenvalue weighted by molar-refractivity contribution is 7.98. The molecule has 0 aliphatic carbocycles. The molecule has 0 amide bonds. The minimum absolute atomic E-state index is 0.647. The van der Waals surface area contributed by atoms with Crippen LogP contribution in [0.15, 0.2) is 41.6 Å². The van der Waals surface area contributed by atoms with Gasteiger partial charge in [-0.15, -0.1) is 11.8 Å². The number of aromatic nitrogens is 1. The Balaban J connectivity index is 2.10. The van der Waals surface area contributed by atoms with Crippen LogP contribution in [-0.4, -0.2) is 4.98 Å². The summed E-state index contributed by atoms with van der Waals surface area (Å²) in [5.74, 6) is 0.757. The van der Waals surface area contributed by atoms with Crippen LogP contribution in [0, 0.1) is 0 Å². The fourth-order valence-corrected chi connectivity index (χ4v) is 2.73. The predicted octanol–water partition coefficient (Wildman–Crippen LogP) is 4.26. The average Bonchev–Trinajstić information content (AvgIpc) is 2.30. The summed E-state index contributed by atoms with van der Waals surface area (Å²) in [6, 6.07) is 7.39. The van der Waals surface area contributed by atoms with Gasteiger partial charge in [0.2, 0.25) is 0 Å². The van der Waals surface area contributed by atoms with E-state index in [0.717, 1.165) is 16.2 Å². The topological polar surface area (TPSA) is 38.9 Å². The lowest BCUT2D eigenvalue weighted by atomic mass is 10.3. The first-order valence-electron chi connectivity index (χ1n) is 4.93. The molecular formula is C12H10Cl2N2S. The van der Waals surface area contributed by atoms with Crippen molar-refractivity contribution in [2.24, 2.45) is 0 Å². The van der Waals surface area contributed by atoms with Crippen LogP contribution in [0.1, 0.15) is 5.56 Å². The molecule has 0 spiro atoms. The van der Waals surface area contributed by atoms with Gasteiger partial charge in [-0.3, -0.25) is 4.98 Å². The zero-order valence-corrected chi connectivity index (χ0v) is 11.2. The number of hydrogen-bond donors (Lipinski definition) is 1. The van der Waals surface area contributed by atoms with Gasteiger partial charge in [0, 0.05) is 33.8 Å². The lowest BCUT2D eigenvalue weighted by Gasteiger charge is -2.06. The molecule has 1 heterocycles. The number of hydrogen-bond acceptors (Lipinski definition) is 3. The number of anilines is 1. The summed E-state index contributed by atoms with van der Waals surface area (Å²) in [6.45, 7) is 0. The van der Waals surface area contributed by atoms with Crippen molar-refractivity contribution < 1.29 is 0 Å². The number of nitrogens with zero attached hydrogens (tertiary/aromatic N) is 1. The van der Waals surface area contributed by atoms with E-state index in [2.05, 4.69) is 4.98 Å². The fourth-order valence-electron chi connectivity index (χ4n) is 1.33. The van der Waals surface area contributed by atoms with Crippen molar-refractivity contribution >= 4 is 40.7 Å². The Kier molecular flexibility index (Phi) is 4.15. The molecule has 0 fully saturated rings. The highest BCUT2D eigenvalue weighted by atomic mass is 35.5. The van der Waals surface area contributed by atoms with E-state index in [4.69, 9.17) is 28.9 Å². The van der Waals surface area contributed by atoms with Gasteiger partial charge in [0.1, 0.15) is 0 Å². The summed E-state index contributed by atoms with van der Waals surface area (Å²) in [4.78, 5) is 4.95. The summed E-state index contributed by atoms with van der Waals surface area (Å²) in [7, 11) is 0. The van der Waals surface area contributed by atoms with Crippen molar-refractivity contribution in [2.75, 3.05) is 5.73 Å². The maximum Gasteiger partial charge on any atom is 0.0629 e. The summed E-state index contributed by atoms with van der Waals surface area (Å²) in [6.07, 6.45) is 3.37. The Bertz CT molecular complexity index is 532. The Hall–Kier alpha value is -0.900. The van der Waals surface area contributed by atoms with Crippen LogP contribution < -0.4 is 5.73 Å². The largest absolute Gasteiger partial charge is 0.398 e. The molecule has 5 heteroatoms. The standard InChI is InChI=1S/C12H10Cl2N2S/c13-9-1-2-12(11(15)5-9)17-7-8-3-4-16-6-10(8)14/h1-6H,7,15H2. The SMILES string of the molecule is Nc1cc(Cl)ccc1SCc1ccncc1Cl. The molecule has 2 N–H and O–H groups in total. The second-order valence-electron chi connectivity index (χ2n) is 3.44. The van der Waals surface area contributed by atoms with Crippen molar-refractivity contribution in [2.45, 2.75) is 10.6 Å². The molecule has 0 unspecified atom stereocenters. The third-order valence-corrected chi connectivity index (χ3v) is 3.92. The summed E-state index contributed by atoms with van der Waals surface area (Å²) in [5.41, 5.74) is 7.60. The molecule has 2 aromatic rings. The number of halogens is 2. The quantitative estimate of drug-likeness (QED) is 0.676. The van der Waals surface area contributed by atoms with E-state index >= 15 is 0 Å². The van der Waals surface area contributed by atoms with Crippen LogP contribution in [-0.2, 0) is 5.75 Å². The molecule has 2 rings (SSSR count). The second kappa shape index (κ2) is 5.63. The first-order chi connectivity index (χ1) is 8.16. The molecule has 0 radical (unpaired) electrons. The third-order valence-electron chi connectivity index (χ3n) is 2.21. The summed E-state index contributed by atoms with van der Waals surface area (Å²) in [5, 5.41) is 1.32. The van der Waals surface area contributed by atoms with Crippen LogP contribution in [0.5, 0.6) is 0 Å². The van der Waals surface area contributed by atoms with E-state index in [9.17, 15) is 0 Å². The number of pyridine rings is 1. The molecule has 17 heavy (non-hydrogen) atoms. The van der Waals surface area contributed by atoms with E-state index in [1.54, 1.807) is 30.2 Å². The molecule has 2 nitrogen and oxygen atoms in total. The first-order valence-corrected chi connectivity index (χ1v) is 6.67. The smallest absolute Gasteiger partial charge is 0.0629 e. The Morgan fingerprint density at radius 3 is 2.76 bits per heavy atom. The van der Waals surface area contributed by atoms with Crippen molar-refractivity contribution in [3.05, 3.63) is 52.3 Å². The minimum atomic E-state index is 0.647. The monoisotopic (exact) mass is 284 g/mol. The molecule has 0 aliphatic heterocycles. The lowest BCUT2D eigenvalue weighted by molar-refractivity contribution is 1.27.